The number of carbonyl (C=O) groups excluding carboxylic acids is 3. The zero-order valence-electron chi connectivity index (χ0n) is 17.7. The molecule has 3 amide bonds. The SMILES string of the molecule is O=C(COc1ccc(/C=C2\SC(=O)N(Cc3ccc(F)cc3)C2=O)cc1Cl)Nc1ccccc1. The Bertz CT molecular complexity index is 1270. The number of ether oxygens (including phenoxy) is 1. The van der Waals surface area contributed by atoms with E-state index < -0.39 is 11.1 Å². The molecule has 1 aliphatic rings. The Kier molecular flexibility index (Phi) is 7.30. The van der Waals surface area contributed by atoms with Gasteiger partial charge in [0.15, 0.2) is 6.61 Å². The minimum Gasteiger partial charge on any atom is -0.482 e. The maximum Gasteiger partial charge on any atom is 0.293 e. The van der Waals surface area contributed by atoms with E-state index in [-0.39, 0.29) is 34.8 Å². The second-order valence-electron chi connectivity index (χ2n) is 7.29. The monoisotopic (exact) mass is 496 g/mol. The van der Waals surface area contributed by atoms with Gasteiger partial charge in [0, 0.05) is 5.69 Å². The van der Waals surface area contributed by atoms with Crippen molar-refractivity contribution in [3.8, 4) is 5.75 Å². The molecule has 0 radical (unpaired) electrons. The van der Waals surface area contributed by atoms with Gasteiger partial charge in [0.2, 0.25) is 0 Å². The molecule has 0 aromatic heterocycles. The number of imide groups is 1. The number of benzene rings is 3. The molecule has 6 nitrogen and oxygen atoms in total. The van der Waals surface area contributed by atoms with Crippen LogP contribution >= 0.6 is 23.4 Å². The highest BCUT2D eigenvalue weighted by molar-refractivity contribution is 8.18. The maximum atomic E-state index is 13.1. The number of hydrogen-bond donors (Lipinski definition) is 1. The second-order valence-corrected chi connectivity index (χ2v) is 8.69. The van der Waals surface area contributed by atoms with Gasteiger partial charge in [0.1, 0.15) is 11.6 Å². The number of amides is 3. The first kappa shape index (κ1) is 23.5. The Morgan fingerprint density at radius 2 is 1.79 bits per heavy atom. The third kappa shape index (κ3) is 5.84. The van der Waals surface area contributed by atoms with Crippen LogP contribution in [0.25, 0.3) is 6.08 Å². The number of halogens is 2. The fraction of sp³-hybridized carbons (Fsp3) is 0.0800. The molecule has 172 valence electrons. The first-order valence-corrected chi connectivity index (χ1v) is 11.4. The van der Waals surface area contributed by atoms with Crippen LogP contribution in [0.2, 0.25) is 5.02 Å². The lowest BCUT2D eigenvalue weighted by Gasteiger charge is -2.12. The highest BCUT2D eigenvalue weighted by Crippen LogP contribution is 2.34. The standard InChI is InChI=1S/C25H18ClFN2O4S/c26-20-12-17(8-11-21(20)33-15-23(30)28-19-4-2-1-3-5-19)13-22-24(31)29(25(32)34-22)14-16-6-9-18(27)10-7-16/h1-13H,14-15H2,(H,28,30)/b22-13-. The minimum atomic E-state index is -0.437. The van der Waals surface area contributed by atoms with E-state index in [2.05, 4.69) is 5.32 Å². The summed E-state index contributed by atoms with van der Waals surface area (Å²) in [6, 6.07) is 19.5. The second kappa shape index (κ2) is 10.5. The summed E-state index contributed by atoms with van der Waals surface area (Å²) in [6.07, 6.45) is 1.56. The normalized spacial score (nSPS) is 14.5. The van der Waals surface area contributed by atoms with Crippen molar-refractivity contribution in [1.29, 1.82) is 0 Å². The predicted octanol–water partition coefficient (Wildman–Crippen LogP) is 5.73. The van der Waals surface area contributed by atoms with E-state index in [0.29, 0.717) is 22.6 Å². The van der Waals surface area contributed by atoms with Crippen molar-refractivity contribution in [2.24, 2.45) is 0 Å². The Morgan fingerprint density at radius 1 is 1.06 bits per heavy atom. The number of para-hydroxylation sites is 1. The summed E-state index contributed by atoms with van der Waals surface area (Å²) < 4.78 is 18.6. The number of nitrogens with zero attached hydrogens (tertiary/aromatic N) is 1. The highest BCUT2D eigenvalue weighted by Gasteiger charge is 2.35. The van der Waals surface area contributed by atoms with Gasteiger partial charge in [0.25, 0.3) is 17.1 Å². The molecular formula is C25H18ClFN2O4S. The fourth-order valence-corrected chi connectivity index (χ4v) is 4.23. The van der Waals surface area contributed by atoms with E-state index in [1.807, 2.05) is 18.2 Å². The molecule has 0 saturated carbocycles. The van der Waals surface area contributed by atoms with Crippen LogP contribution in [0.5, 0.6) is 5.75 Å². The van der Waals surface area contributed by atoms with E-state index in [9.17, 15) is 18.8 Å². The van der Waals surface area contributed by atoms with Crippen molar-refractivity contribution in [2.45, 2.75) is 6.54 Å². The van der Waals surface area contributed by atoms with Crippen LogP contribution in [0.15, 0.2) is 77.7 Å². The zero-order valence-corrected chi connectivity index (χ0v) is 19.2. The summed E-state index contributed by atoms with van der Waals surface area (Å²) >= 11 is 7.11. The summed E-state index contributed by atoms with van der Waals surface area (Å²) in [5, 5.41) is 2.56. The third-order valence-electron chi connectivity index (χ3n) is 4.80. The number of rotatable bonds is 7. The van der Waals surface area contributed by atoms with E-state index in [0.717, 1.165) is 16.7 Å². The van der Waals surface area contributed by atoms with Gasteiger partial charge < -0.3 is 10.1 Å². The summed E-state index contributed by atoms with van der Waals surface area (Å²) in [5.41, 5.74) is 1.90. The molecule has 1 fully saturated rings. The van der Waals surface area contributed by atoms with Gasteiger partial charge in [0.05, 0.1) is 16.5 Å². The van der Waals surface area contributed by atoms with E-state index in [4.69, 9.17) is 16.3 Å². The lowest BCUT2D eigenvalue weighted by Crippen LogP contribution is -2.27. The molecule has 0 unspecified atom stereocenters. The van der Waals surface area contributed by atoms with E-state index >= 15 is 0 Å². The Morgan fingerprint density at radius 3 is 2.50 bits per heavy atom. The minimum absolute atomic E-state index is 0.0564. The molecule has 1 N–H and O–H groups in total. The van der Waals surface area contributed by atoms with Gasteiger partial charge >= 0.3 is 0 Å². The Balaban J connectivity index is 1.38. The van der Waals surface area contributed by atoms with Crippen molar-refractivity contribution < 1.29 is 23.5 Å². The molecule has 34 heavy (non-hydrogen) atoms. The average Bonchev–Trinajstić information content (AvgIpc) is 3.08. The molecule has 3 aromatic carbocycles. The van der Waals surface area contributed by atoms with Gasteiger partial charge in [-0.05, 0) is 65.4 Å². The highest BCUT2D eigenvalue weighted by atomic mass is 35.5. The van der Waals surface area contributed by atoms with E-state index in [1.54, 1.807) is 36.4 Å². The molecule has 1 heterocycles. The molecule has 0 aliphatic carbocycles. The van der Waals surface area contributed by atoms with Crippen LogP contribution in [-0.4, -0.2) is 28.6 Å². The number of nitrogens with one attached hydrogen (secondary N) is 1. The summed E-state index contributed by atoms with van der Waals surface area (Å²) in [7, 11) is 0. The number of thioether (sulfide) groups is 1. The molecule has 9 heteroatoms. The number of hydrogen-bond acceptors (Lipinski definition) is 5. The number of anilines is 1. The van der Waals surface area contributed by atoms with Gasteiger partial charge in [-0.2, -0.15) is 0 Å². The van der Waals surface area contributed by atoms with Crippen molar-refractivity contribution in [2.75, 3.05) is 11.9 Å². The van der Waals surface area contributed by atoms with Crippen LogP contribution in [-0.2, 0) is 16.1 Å². The molecule has 3 aromatic rings. The van der Waals surface area contributed by atoms with Gasteiger partial charge in [-0.3, -0.25) is 19.3 Å². The summed E-state index contributed by atoms with van der Waals surface area (Å²) in [5.74, 6) is -0.847. The lowest BCUT2D eigenvalue weighted by molar-refractivity contribution is -0.123. The molecular weight excluding hydrogens is 479 g/mol. The van der Waals surface area contributed by atoms with Crippen LogP contribution in [0.1, 0.15) is 11.1 Å². The van der Waals surface area contributed by atoms with Crippen LogP contribution in [0, 0.1) is 5.82 Å². The van der Waals surface area contributed by atoms with E-state index in [1.165, 1.54) is 24.3 Å². The maximum absolute atomic E-state index is 13.1. The van der Waals surface area contributed by atoms with Crippen LogP contribution in [0.3, 0.4) is 0 Å². The number of carbonyl (C=O) groups is 3. The predicted molar refractivity (Wildman–Crippen MR) is 130 cm³/mol. The van der Waals surface area contributed by atoms with Gasteiger partial charge in [-0.15, -0.1) is 0 Å². The van der Waals surface area contributed by atoms with Crippen LogP contribution in [0.4, 0.5) is 14.9 Å². The molecule has 0 spiro atoms. The van der Waals surface area contributed by atoms with Gasteiger partial charge in [-0.1, -0.05) is 48.0 Å². The van der Waals surface area contributed by atoms with Gasteiger partial charge in [-0.25, -0.2) is 4.39 Å². The molecule has 4 rings (SSSR count). The Hall–Kier alpha value is -3.62. The Labute approximate surface area is 204 Å². The summed E-state index contributed by atoms with van der Waals surface area (Å²) in [4.78, 5) is 38.4. The van der Waals surface area contributed by atoms with Crippen molar-refractivity contribution >= 4 is 52.2 Å². The largest absolute Gasteiger partial charge is 0.482 e. The molecule has 0 bridgehead atoms. The zero-order chi connectivity index (χ0) is 24.1. The first-order chi connectivity index (χ1) is 16.4. The molecule has 1 aliphatic heterocycles. The molecule has 1 saturated heterocycles. The smallest absolute Gasteiger partial charge is 0.293 e. The first-order valence-electron chi connectivity index (χ1n) is 10.2. The lowest BCUT2D eigenvalue weighted by atomic mass is 10.2. The average molecular weight is 497 g/mol. The van der Waals surface area contributed by atoms with Crippen molar-refractivity contribution in [3.63, 3.8) is 0 Å². The molecule has 0 atom stereocenters. The third-order valence-corrected chi connectivity index (χ3v) is 6.00. The topological polar surface area (TPSA) is 75.7 Å². The fourth-order valence-electron chi connectivity index (χ4n) is 3.15. The van der Waals surface area contributed by atoms with Crippen LogP contribution < -0.4 is 10.1 Å². The quantitative estimate of drug-likeness (QED) is 0.422. The summed E-state index contributed by atoms with van der Waals surface area (Å²) in [6.45, 7) is -0.170. The van der Waals surface area contributed by atoms with Crippen molar-refractivity contribution in [1.82, 2.24) is 4.90 Å². The van der Waals surface area contributed by atoms with Crippen molar-refractivity contribution in [3.05, 3.63) is 99.7 Å².